The maximum Gasteiger partial charge on any atom is 0.434 e. The van der Waals surface area contributed by atoms with Gasteiger partial charge in [-0.05, 0) is 25.8 Å². The molecule has 0 aromatic carbocycles. The monoisotopic (exact) mass is 428 g/mol. The number of H-pyrrole nitrogens is 1. The number of alkyl halides is 3. The third-order valence-corrected chi connectivity index (χ3v) is 5.74. The number of hydrogen-bond acceptors (Lipinski definition) is 6. The topological polar surface area (TPSA) is 87.9 Å². The Labute approximate surface area is 175 Å². The molecule has 2 unspecified atom stereocenters. The Balaban J connectivity index is 1.51. The molecule has 0 radical (unpaired) electrons. The number of hydrogen-bond donors (Lipinski definition) is 1. The van der Waals surface area contributed by atoms with E-state index in [9.17, 15) is 13.2 Å². The van der Waals surface area contributed by atoms with E-state index in [1.165, 1.54) is 10.6 Å². The zero-order chi connectivity index (χ0) is 21.6. The first kappa shape index (κ1) is 19.5. The molecule has 1 fully saturated rings. The minimum atomic E-state index is -4.55. The van der Waals surface area contributed by atoms with Gasteiger partial charge in [-0.2, -0.15) is 13.2 Å². The summed E-state index contributed by atoms with van der Waals surface area (Å²) >= 11 is 0. The molecular formula is C20H19F3N8. The Morgan fingerprint density at radius 2 is 2.00 bits per heavy atom. The maximum atomic E-state index is 13.1. The van der Waals surface area contributed by atoms with Crippen LogP contribution in [0.15, 0.2) is 43.4 Å². The van der Waals surface area contributed by atoms with Crippen LogP contribution < -0.4 is 4.90 Å². The van der Waals surface area contributed by atoms with E-state index in [1.807, 2.05) is 12.3 Å². The van der Waals surface area contributed by atoms with Crippen molar-refractivity contribution in [3.05, 3.63) is 54.8 Å². The summed E-state index contributed by atoms with van der Waals surface area (Å²) in [5.74, 6) is 1.28. The predicted molar refractivity (Wildman–Crippen MR) is 106 cm³/mol. The van der Waals surface area contributed by atoms with E-state index in [1.54, 1.807) is 12.5 Å². The number of aromatic amines is 1. The summed E-state index contributed by atoms with van der Waals surface area (Å²) < 4.78 is 40.7. The SMILES string of the molecule is CC1C(c2c[nH]cn2)CCCN1c1ccnc(-c2cnc3cnc(C(F)(F)F)cn23)n1. The molecule has 0 amide bonds. The number of nitrogens with one attached hydrogen (secondary N) is 1. The van der Waals surface area contributed by atoms with Gasteiger partial charge in [-0.3, -0.25) is 4.40 Å². The second-order valence-electron chi connectivity index (χ2n) is 7.56. The third kappa shape index (κ3) is 3.49. The van der Waals surface area contributed by atoms with E-state index in [2.05, 4.69) is 41.7 Å². The molecule has 1 aliphatic heterocycles. The number of aromatic nitrogens is 7. The molecule has 31 heavy (non-hydrogen) atoms. The number of imidazole rings is 2. The summed E-state index contributed by atoms with van der Waals surface area (Å²) in [6.45, 7) is 2.96. The number of anilines is 1. The van der Waals surface area contributed by atoms with Gasteiger partial charge in [-0.15, -0.1) is 0 Å². The van der Waals surface area contributed by atoms with Gasteiger partial charge in [-0.1, -0.05) is 0 Å². The number of nitrogens with zero attached hydrogens (tertiary/aromatic N) is 7. The Morgan fingerprint density at radius 1 is 1.13 bits per heavy atom. The molecule has 8 nitrogen and oxygen atoms in total. The summed E-state index contributed by atoms with van der Waals surface area (Å²) in [5, 5.41) is 0. The molecule has 0 saturated carbocycles. The highest BCUT2D eigenvalue weighted by Crippen LogP contribution is 2.34. The molecule has 0 spiro atoms. The number of halogens is 3. The molecular weight excluding hydrogens is 409 g/mol. The Bertz CT molecular complexity index is 1200. The number of piperidine rings is 1. The zero-order valence-corrected chi connectivity index (χ0v) is 16.6. The molecule has 1 N–H and O–H groups in total. The van der Waals surface area contributed by atoms with Crippen LogP contribution in [0.2, 0.25) is 0 Å². The minimum Gasteiger partial charge on any atom is -0.353 e. The first-order chi connectivity index (χ1) is 14.9. The fraction of sp³-hybridized carbons (Fsp3) is 0.350. The van der Waals surface area contributed by atoms with Gasteiger partial charge in [-0.25, -0.2) is 24.9 Å². The second-order valence-corrected chi connectivity index (χ2v) is 7.56. The molecule has 4 aromatic heterocycles. The molecule has 4 aromatic rings. The first-order valence-corrected chi connectivity index (χ1v) is 9.91. The quantitative estimate of drug-likeness (QED) is 0.535. The van der Waals surface area contributed by atoms with Gasteiger partial charge in [0.15, 0.2) is 17.2 Å². The van der Waals surface area contributed by atoms with Crippen molar-refractivity contribution in [3.63, 3.8) is 0 Å². The second kappa shape index (κ2) is 7.33. The fourth-order valence-electron chi connectivity index (χ4n) is 4.17. The number of rotatable bonds is 3. The molecule has 1 saturated heterocycles. The standard InChI is InChI=1S/C20H19F3N8/c1-12-13(14-7-24-11-28-14)3-2-6-30(12)17-4-5-25-19(29-17)15-8-27-18-9-26-16(10-31(15)18)20(21,22)23/h4-5,7-13H,2-3,6H2,1H3,(H,24,28). The molecule has 0 aliphatic carbocycles. The molecule has 0 bridgehead atoms. The van der Waals surface area contributed by atoms with Gasteiger partial charge in [0, 0.05) is 37.1 Å². The van der Waals surface area contributed by atoms with Gasteiger partial charge in [0.05, 0.1) is 24.4 Å². The average molecular weight is 428 g/mol. The first-order valence-electron chi connectivity index (χ1n) is 9.91. The van der Waals surface area contributed by atoms with Crippen molar-refractivity contribution in [2.75, 3.05) is 11.4 Å². The van der Waals surface area contributed by atoms with Crippen LogP contribution in [0.25, 0.3) is 17.2 Å². The van der Waals surface area contributed by atoms with E-state index in [4.69, 9.17) is 0 Å². The normalized spacial score (nSPS) is 19.8. The Morgan fingerprint density at radius 3 is 2.77 bits per heavy atom. The lowest BCUT2D eigenvalue weighted by Crippen LogP contribution is -2.43. The molecule has 5 heterocycles. The fourth-order valence-corrected chi connectivity index (χ4v) is 4.17. The van der Waals surface area contributed by atoms with Crippen molar-refractivity contribution in [1.82, 2.24) is 34.3 Å². The smallest absolute Gasteiger partial charge is 0.353 e. The van der Waals surface area contributed by atoms with Crippen LogP contribution in [0.4, 0.5) is 19.0 Å². The van der Waals surface area contributed by atoms with Gasteiger partial charge in [0.25, 0.3) is 0 Å². The van der Waals surface area contributed by atoms with Crippen LogP contribution in [-0.4, -0.2) is 46.9 Å². The highest BCUT2D eigenvalue weighted by Gasteiger charge is 2.34. The molecule has 11 heteroatoms. The van der Waals surface area contributed by atoms with Crippen LogP contribution in [0.3, 0.4) is 0 Å². The summed E-state index contributed by atoms with van der Waals surface area (Å²) in [4.78, 5) is 26.2. The zero-order valence-electron chi connectivity index (χ0n) is 16.6. The minimum absolute atomic E-state index is 0.156. The summed E-state index contributed by atoms with van der Waals surface area (Å²) in [5.41, 5.74) is 0.683. The summed E-state index contributed by atoms with van der Waals surface area (Å²) in [6, 6.07) is 1.97. The van der Waals surface area contributed by atoms with Gasteiger partial charge >= 0.3 is 6.18 Å². The number of fused-ring (bicyclic) bond motifs is 1. The molecule has 160 valence electrons. The van der Waals surface area contributed by atoms with Crippen LogP contribution in [0, 0.1) is 0 Å². The van der Waals surface area contributed by atoms with E-state index in [-0.39, 0.29) is 12.0 Å². The van der Waals surface area contributed by atoms with Crippen LogP contribution in [0.5, 0.6) is 0 Å². The Kier molecular flexibility index (Phi) is 4.60. The van der Waals surface area contributed by atoms with Gasteiger partial charge in [0.1, 0.15) is 11.5 Å². The van der Waals surface area contributed by atoms with Crippen molar-refractivity contribution >= 4 is 11.5 Å². The van der Waals surface area contributed by atoms with Gasteiger partial charge < -0.3 is 9.88 Å². The van der Waals surface area contributed by atoms with Crippen molar-refractivity contribution < 1.29 is 13.2 Å². The molecule has 1 aliphatic rings. The third-order valence-electron chi connectivity index (χ3n) is 5.74. The lowest BCUT2D eigenvalue weighted by atomic mass is 9.88. The van der Waals surface area contributed by atoms with Crippen LogP contribution in [0.1, 0.15) is 37.1 Å². The average Bonchev–Trinajstić information content (AvgIpc) is 3.43. The summed E-state index contributed by atoms with van der Waals surface area (Å²) in [6.07, 6.45) is 6.15. The largest absolute Gasteiger partial charge is 0.434 e. The van der Waals surface area contributed by atoms with Crippen LogP contribution in [-0.2, 0) is 6.18 Å². The highest BCUT2D eigenvalue weighted by molar-refractivity contribution is 5.58. The van der Waals surface area contributed by atoms with Crippen molar-refractivity contribution in [2.24, 2.45) is 0 Å². The van der Waals surface area contributed by atoms with Crippen molar-refractivity contribution in [3.8, 4) is 11.5 Å². The molecule has 2 atom stereocenters. The van der Waals surface area contributed by atoms with E-state index in [0.717, 1.165) is 43.3 Å². The lowest BCUT2D eigenvalue weighted by molar-refractivity contribution is -0.141. The Hall–Kier alpha value is -3.50. The van der Waals surface area contributed by atoms with E-state index in [0.29, 0.717) is 17.2 Å². The van der Waals surface area contributed by atoms with E-state index < -0.39 is 11.9 Å². The van der Waals surface area contributed by atoms with Crippen LogP contribution >= 0.6 is 0 Å². The summed E-state index contributed by atoms with van der Waals surface area (Å²) in [7, 11) is 0. The van der Waals surface area contributed by atoms with E-state index >= 15 is 0 Å². The van der Waals surface area contributed by atoms with Crippen molar-refractivity contribution in [2.45, 2.75) is 37.9 Å². The maximum absolute atomic E-state index is 13.1. The highest BCUT2D eigenvalue weighted by atomic mass is 19.4. The van der Waals surface area contributed by atoms with Gasteiger partial charge in [0.2, 0.25) is 0 Å². The van der Waals surface area contributed by atoms with Crippen molar-refractivity contribution in [1.29, 1.82) is 0 Å². The molecule has 5 rings (SSSR count). The predicted octanol–water partition coefficient (Wildman–Crippen LogP) is 3.70. The lowest BCUT2D eigenvalue weighted by Gasteiger charge is -2.39.